The quantitative estimate of drug-likeness (QED) is 0.852. The molecule has 2 aromatic rings. The van der Waals surface area contributed by atoms with Crippen LogP contribution >= 0.6 is 11.6 Å². The van der Waals surface area contributed by atoms with Crippen molar-refractivity contribution < 1.29 is 9.84 Å². The van der Waals surface area contributed by atoms with Gasteiger partial charge in [-0.15, -0.1) is 0 Å². The molecule has 106 valence electrons. The Hall–Kier alpha value is -1.55. The van der Waals surface area contributed by atoms with Gasteiger partial charge in [0.05, 0.1) is 6.61 Å². The van der Waals surface area contributed by atoms with Crippen molar-refractivity contribution in [2.75, 3.05) is 6.54 Å². The Bertz CT molecular complexity index is 572. The summed E-state index contributed by atoms with van der Waals surface area (Å²) < 4.78 is 5.78. The number of aliphatic hydroxyl groups excluding tert-OH is 1. The van der Waals surface area contributed by atoms with E-state index in [9.17, 15) is 5.11 Å². The molecule has 0 fully saturated rings. The van der Waals surface area contributed by atoms with Gasteiger partial charge in [0, 0.05) is 17.1 Å². The number of para-hydroxylation sites is 1. The van der Waals surface area contributed by atoms with E-state index >= 15 is 0 Å². The van der Waals surface area contributed by atoms with E-state index in [-0.39, 0.29) is 6.61 Å². The molecular weight excluding hydrogens is 274 g/mol. The van der Waals surface area contributed by atoms with E-state index in [2.05, 4.69) is 12.2 Å². The van der Waals surface area contributed by atoms with Gasteiger partial charge in [0.15, 0.2) is 0 Å². The number of ether oxygens (including phenoxy) is 1. The summed E-state index contributed by atoms with van der Waals surface area (Å²) in [6, 6.07) is 13.0. The topological polar surface area (TPSA) is 41.5 Å². The minimum Gasteiger partial charge on any atom is -0.457 e. The average molecular weight is 292 g/mol. The van der Waals surface area contributed by atoms with Gasteiger partial charge in [-0.1, -0.05) is 42.8 Å². The fourth-order valence-corrected chi connectivity index (χ4v) is 2.09. The maximum Gasteiger partial charge on any atom is 0.132 e. The van der Waals surface area contributed by atoms with Crippen molar-refractivity contribution in [3.05, 3.63) is 58.6 Å². The van der Waals surface area contributed by atoms with E-state index in [4.69, 9.17) is 16.3 Å². The zero-order valence-electron chi connectivity index (χ0n) is 11.4. The van der Waals surface area contributed by atoms with E-state index in [1.807, 2.05) is 36.4 Å². The Morgan fingerprint density at radius 3 is 2.65 bits per heavy atom. The van der Waals surface area contributed by atoms with Gasteiger partial charge in [0.1, 0.15) is 11.5 Å². The molecular formula is C16H18ClNO2. The van der Waals surface area contributed by atoms with Crippen LogP contribution in [-0.4, -0.2) is 11.7 Å². The summed E-state index contributed by atoms with van der Waals surface area (Å²) >= 11 is 6.24. The number of rotatable bonds is 6. The Morgan fingerprint density at radius 1 is 1.15 bits per heavy atom. The van der Waals surface area contributed by atoms with Crippen molar-refractivity contribution in [2.45, 2.75) is 20.1 Å². The predicted octanol–water partition coefficient (Wildman–Crippen LogP) is 3.73. The molecule has 0 heterocycles. The molecule has 3 nitrogen and oxygen atoms in total. The number of halogens is 1. The van der Waals surface area contributed by atoms with Gasteiger partial charge in [0.25, 0.3) is 0 Å². The molecule has 0 radical (unpaired) electrons. The first kappa shape index (κ1) is 14.9. The maximum absolute atomic E-state index is 9.28. The van der Waals surface area contributed by atoms with Crippen molar-refractivity contribution in [3.63, 3.8) is 0 Å². The lowest BCUT2D eigenvalue weighted by molar-refractivity contribution is 0.276. The van der Waals surface area contributed by atoms with Crippen LogP contribution in [0.3, 0.4) is 0 Å². The highest BCUT2D eigenvalue weighted by Gasteiger charge is 2.06. The zero-order valence-corrected chi connectivity index (χ0v) is 12.2. The molecule has 0 bridgehead atoms. The Labute approximate surface area is 124 Å². The monoisotopic (exact) mass is 291 g/mol. The first-order valence-electron chi connectivity index (χ1n) is 6.60. The SMILES string of the molecule is CCNCc1ccc(Oc2ccccc2CO)cc1Cl. The molecule has 4 heteroatoms. The third-order valence-electron chi connectivity index (χ3n) is 2.96. The molecule has 0 atom stereocenters. The van der Waals surface area contributed by atoms with Crippen LogP contribution in [0.1, 0.15) is 18.1 Å². The molecule has 0 unspecified atom stereocenters. The molecule has 0 amide bonds. The smallest absolute Gasteiger partial charge is 0.132 e. The molecule has 20 heavy (non-hydrogen) atoms. The van der Waals surface area contributed by atoms with Crippen molar-refractivity contribution >= 4 is 11.6 Å². The third kappa shape index (κ3) is 3.73. The van der Waals surface area contributed by atoms with Crippen LogP contribution in [0.5, 0.6) is 11.5 Å². The lowest BCUT2D eigenvalue weighted by atomic mass is 10.2. The largest absolute Gasteiger partial charge is 0.457 e. The molecule has 0 aliphatic rings. The minimum atomic E-state index is -0.0532. The molecule has 0 spiro atoms. The Morgan fingerprint density at radius 2 is 1.95 bits per heavy atom. The fraction of sp³-hybridized carbons (Fsp3) is 0.250. The molecule has 2 N–H and O–H groups in total. The summed E-state index contributed by atoms with van der Waals surface area (Å²) in [6.45, 7) is 3.64. The van der Waals surface area contributed by atoms with Gasteiger partial charge >= 0.3 is 0 Å². The first-order valence-corrected chi connectivity index (χ1v) is 6.98. The summed E-state index contributed by atoms with van der Waals surface area (Å²) in [7, 11) is 0. The average Bonchev–Trinajstić information content (AvgIpc) is 2.47. The van der Waals surface area contributed by atoms with Crippen LogP contribution in [0.4, 0.5) is 0 Å². The number of nitrogens with one attached hydrogen (secondary N) is 1. The van der Waals surface area contributed by atoms with E-state index in [0.29, 0.717) is 16.5 Å². The third-order valence-corrected chi connectivity index (χ3v) is 3.31. The van der Waals surface area contributed by atoms with Crippen molar-refractivity contribution in [1.82, 2.24) is 5.32 Å². The number of aliphatic hydroxyl groups is 1. The highest BCUT2D eigenvalue weighted by molar-refractivity contribution is 6.31. The summed E-state index contributed by atoms with van der Waals surface area (Å²) in [6.07, 6.45) is 0. The van der Waals surface area contributed by atoms with Crippen molar-refractivity contribution in [2.24, 2.45) is 0 Å². The van der Waals surface area contributed by atoms with Crippen molar-refractivity contribution in [1.29, 1.82) is 0 Å². The zero-order chi connectivity index (χ0) is 14.4. The van der Waals surface area contributed by atoms with Gasteiger partial charge in [-0.25, -0.2) is 0 Å². The van der Waals surface area contributed by atoms with E-state index in [1.165, 1.54) is 0 Å². The maximum atomic E-state index is 9.28. The lowest BCUT2D eigenvalue weighted by Gasteiger charge is -2.11. The van der Waals surface area contributed by atoms with Crippen LogP contribution < -0.4 is 10.1 Å². The van der Waals surface area contributed by atoms with Gasteiger partial charge < -0.3 is 15.2 Å². The van der Waals surface area contributed by atoms with E-state index in [1.54, 1.807) is 6.07 Å². The summed E-state index contributed by atoms with van der Waals surface area (Å²) in [5, 5.41) is 13.2. The van der Waals surface area contributed by atoms with Crippen LogP contribution in [0.25, 0.3) is 0 Å². The van der Waals surface area contributed by atoms with Gasteiger partial charge in [-0.2, -0.15) is 0 Å². The second-order valence-corrected chi connectivity index (χ2v) is 4.81. The Balaban J connectivity index is 2.16. The summed E-state index contributed by atoms with van der Waals surface area (Å²) in [5.74, 6) is 1.31. The summed E-state index contributed by atoms with van der Waals surface area (Å²) in [5.41, 5.74) is 1.79. The minimum absolute atomic E-state index is 0.0532. The molecule has 0 saturated carbocycles. The molecule has 0 aromatic heterocycles. The number of hydrogen-bond donors (Lipinski definition) is 2. The van der Waals surface area contributed by atoms with Gasteiger partial charge in [-0.3, -0.25) is 0 Å². The number of benzene rings is 2. The van der Waals surface area contributed by atoms with Crippen LogP contribution in [0, 0.1) is 0 Å². The van der Waals surface area contributed by atoms with Gasteiger partial charge in [0.2, 0.25) is 0 Å². The molecule has 2 rings (SSSR count). The van der Waals surface area contributed by atoms with Crippen LogP contribution in [0.2, 0.25) is 5.02 Å². The van der Waals surface area contributed by atoms with Gasteiger partial charge in [-0.05, 0) is 30.3 Å². The highest BCUT2D eigenvalue weighted by Crippen LogP contribution is 2.29. The van der Waals surface area contributed by atoms with E-state index in [0.717, 1.165) is 24.2 Å². The molecule has 0 saturated heterocycles. The fourth-order valence-electron chi connectivity index (χ4n) is 1.86. The highest BCUT2D eigenvalue weighted by atomic mass is 35.5. The number of hydrogen-bond acceptors (Lipinski definition) is 3. The summed E-state index contributed by atoms with van der Waals surface area (Å²) in [4.78, 5) is 0. The van der Waals surface area contributed by atoms with E-state index < -0.39 is 0 Å². The molecule has 0 aliphatic heterocycles. The first-order chi connectivity index (χ1) is 9.74. The van der Waals surface area contributed by atoms with Crippen LogP contribution in [0.15, 0.2) is 42.5 Å². The normalized spacial score (nSPS) is 10.6. The lowest BCUT2D eigenvalue weighted by Crippen LogP contribution is -2.11. The van der Waals surface area contributed by atoms with Crippen LogP contribution in [-0.2, 0) is 13.2 Å². The molecule has 0 aliphatic carbocycles. The second kappa shape index (κ2) is 7.29. The molecule has 2 aromatic carbocycles. The second-order valence-electron chi connectivity index (χ2n) is 4.40. The van der Waals surface area contributed by atoms with Crippen molar-refractivity contribution in [3.8, 4) is 11.5 Å². The predicted molar refractivity (Wildman–Crippen MR) is 81.3 cm³/mol. The standard InChI is InChI=1S/C16H18ClNO2/c1-2-18-10-12-7-8-14(9-15(12)17)20-16-6-4-3-5-13(16)11-19/h3-9,18-19H,2,10-11H2,1H3. The Kier molecular flexibility index (Phi) is 5.41.